The van der Waals surface area contributed by atoms with Crippen molar-refractivity contribution in [1.82, 2.24) is 9.88 Å². The number of methoxy groups -OCH3 is 1. The quantitative estimate of drug-likeness (QED) is 0.216. The molecule has 1 aromatic carbocycles. The average Bonchev–Trinajstić information content (AvgIpc) is 2.92. The number of carbonyl (C=O) groups excluding carboxylic acids is 1. The van der Waals surface area contributed by atoms with E-state index >= 15 is 0 Å². The highest BCUT2D eigenvalue weighted by Crippen LogP contribution is 2.38. The van der Waals surface area contributed by atoms with Gasteiger partial charge >= 0.3 is 18.4 Å². The molecule has 1 fully saturated rings. The Hall–Kier alpha value is -4.08. The summed E-state index contributed by atoms with van der Waals surface area (Å²) in [5, 5.41) is 9.47. The van der Waals surface area contributed by atoms with Crippen LogP contribution in [0.4, 0.5) is 35.5 Å². The van der Waals surface area contributed by atoms with Crippen LogP contribution in [0.15, 0.2) is 47.7 Å². The molecule has 0 saturated carbocycles. The van der Waals surface area contributed by atoms with E-state index in [4.69, 9.17) is 9.47 Å². The highest BCUT2D eigenvalue weighted by Gasteiger charge is 2.39. The van der Waals surface area contributed by atoms with E-state index in [1.165, 1.54) is 37.3 Å². The molecule has 6 nitrogen and oxygen atoms in total. The van der Waals surface area contributed by atoms with Crippen LogP contribution in [0.2, 0.25) is 0 Å². The van der Waals surface area contributed by atoms with Crippen molar-refractivity contribution < 1.29 is 45.0 Å². The van der Waals surface area contributed by atoms with Crippen molar-refractivity contribution >= 4 is 6.09 Å². The average molecular weight is 628 g/mol. The van der Waals surface area contributed by atoms with Gasteiger partial charge in [-0.2, -0.15) is 31.6 Å². The number of benzene rings is 1. The number of alkyl halides is 6. The minimum atomic E-state index is -5.07. The molecule has 0 aliphatic carbocycles. The van der Waals surface area contributed by atoms with Gasteiger partial charge in [0.05, 0.1) is 19.2 Å². The smallest absolute Gasteiger partial charge is 0.416 e. The monoisotopic (exact) mass is 627 g/mol. The van der Waals surface area contributed by atoms with Crippen LogP contribution in [-0.4, -0.2) is 47.6 Å². The standard InChI is InChI=1S/C31H32F7N3O3/c1-16(2)23-11-24(28(43-6)12-26(23)32)25-14-40-22(13-39)10-20(25)15-41-19(5)9-27(44-29(41)42)17(3)7-21(31(36,37)38)8-18(4)30(33,34)35/h7-8,10-12,14,16-17,19,27H,9,15H2,1-6H3/b18-8+,21-7+. The molecule has 3 atom stereocenters. The normalized spacial score (nSPS) is 19.1. The third kappa shape index (κ3) is 7.89. The number of nitrogens with zero attached hydrogens (tertiary/aromatic N) is 3. The first kappa shape index (κ1) is 34.4. The fourth-order valence-electron chi connectivity index (χ4n) is 4.87. The van der Waals surface area contributed by atoms with Crippen molar-refractivity contribution in [2.24, 2.45) is 5.92 Å². The Labute approximate surface area is 250 Å². The number of ether oxygens (including phenoxy) is 2. The van der Waals surface area contributed by atoms with Crippen LogP contribution in [0.3, 0.4) is 0 Å². The van der Waals surface area contributed by atoms with E-state index in [-0.39, 0.29) is 36.4 Å². The van der Waals surface area contributed by atoms with Crippen LogP contribution in [0.1, 0.15) is 63.8 Å². The van der Waals surface area contributed by atoms with Crippen LogP contribution in [0.5, 0.6) is 5.75 Å². The number of pyridine rings is 1. The Balaban J connectivity index is 1.95. The second-order valence-electron chi connectivity index (χ2n) is 11.0. The van der Waals surface area contributed by atoms with Gasteiger partial charge in [-0.15, -0.1) is 0 Å². The SMILES string of the molecule is COc1cc(F)c(C(C)C)cc1-c1cnc(C#N)cc1CN1C(=O)OC(C(C)/C=C(\C=C(/C)C(F)(F)F)C(F)(F)F)CC1C. The predicted molar refractivity (Wildman–Crippen MR) is 148 cm³/mol. The second kappa shape index (κ2) is 13.3. The van der Waals surface area contributed by atoms with E-state index < -0.39 is 53.5 Å². The minimum Gasteiger partial charge on any atom is -0.496 e. The topological polar surface area (TPSA) is 75.5 Å². The molecule has 3 unspecified atom stereocenters. The molecule has 1 aliphatic heterocycles. The number of cyclic esters (lactones) is 1. The molecular weight excluding hydrogens is 595 g/mol. The zero-order valence-corrected chi connectivity index (χ0v) is 24.9. The minimum absolute atomic E-state index is 0.0308. The van der Waals surface area contributed by atoms with E-state index in [0.29, 0.717) is 35.3 Å². The van der Waals surface area contributed by atoms with E-state index in [2.05, 4.69) is 4.98 Å². The summed E-state index contributed by atoms with van der Waals surface area (Å²) in [6.45, 7) is 7.06. The maximum atomic E-state index is 14.7. The fraction of sp³-hybridized carbons (Fsp3) is 0.452. The maximum absolute atomic E-state index is 14.7. The van der Waals surface area contributed by atoms with Gasteiger partial charge < -0.3 is 14.4 Å². The van der Waals surface area contributed by atoms with Crippen LogP contribution in [0.25, 0.3) is 11.1 Å². The molecule has 3 rings (SSSR count). The molecule has 1 saturated heterocycles. The van der Waals surface area contributed by atoms with Gasteiger partial charge in [0.1, 0.15) is 29.4 Å². The first-order valence-corrected chi connectivity index (χ1v) is 13.7. The number of halogens is 7. The van der Waals surface area contributed by atoms with E-state index in [1.54, 1.807) is 13.0 Å². The van der Waals surface area contributed by atoms with Crippen molar-refractivity contribution in [3.63, 3.8) is 0 Å². The lowest BCUT2D eigenvalue weighted by molar-refractivity contribution is -0.0957. The Kier molecular flexibility index (Phi) is 10.4. The van der Waals surface area contributed by atoms with Gasteiger partial charge in [0.2, 0.25) is 0 Å². The molecule has 1 amide bonds. The van der Waals surface area contributed by atoms with Crippen molar-refractivity contribution in [2.45, 2.75) is 78.0 Å². The maximum Gasteiger partial charge on any atom is 0.416 e. The number of hydrogen-bond donors (Lipinski definition) is 0. The molecule has 0 bridgehead atoms. The molecular formula is C31H32F7N3O3. The van der Waals surface area contributed by atoms with Crippen molar-refractivity contribution in [2.75, 3.05) is 7.11 Å². The molecule has 2 aromatic rings. The second-order valence-corrected chi connectivity index (χ2v) is 11.0. The lowest BCUT2D eigenvalue weighted by Gasteiger charge is -2.39. The summed E-state index contributed by atoms with van der Waals surface area (Å²) in [6, 6.07) is 5.68. The number of carbonyl (C=O) groups is 1. The zero-order chi connectivity index (χ0) is 33.1. The van der Waals surface area contributed by atoms with Crippen LogP contribution in [-0.2, 0) is 11.3 Å². The highest BCUT2D eigenvalue weighted by molar-refractivity contribution is 5.75. The number of amides is 1. The van der Waals surface area contributed by atoms with Gasteiger partial charge in [0, 0.05) is 47.3 Å². The Bertz CT molecular complexity index is 1490. The Morgan fingerprint density at radius 2 is 1.82 bits per heavy atom. The predicted octanol–water partition coefficient (Wildman–Crippen LogP) is 8.62. The zero-order valence-electron chi connectivity index (χ0n) is 24.9. The molecule has 1 aliphatic rings. The third-order valence-electron chi connectivity index (χ3n) is 7.44. The van der Waals surface area contributed by atoms with Crippen molar-refractivity contribution in [1.29, 1.82) is 5.26 Å². The molecule has 1 aromatic heterocycles. The van der Waals surface area contributed by atoms with Crippen molar-refractivity contribution in [3.05, 3.63) is 70.3 Å². The first-order valence-electron chi connectivity index (χ1n) is 13.7. The van der Waals surface area contributed by atoms with Crippen molar-refractivity contribution in [3.8, 4) is 22.9 Å². The molecule has 0 spiro atoms. The first-order chi connectivity index (χ1) is 20.4. The van der Waals surface area contributed by atoms with Gasteiger partial charge in [-0.1, -0.05) is 26.8 Å². The largest absolute Gasteiger partial charge is 0.496 e. The van der Waals surface area contributed by atoms with Crippen LogP contribution in [0, 0.1) is 23.1 Å². The van der Waals surface area contributed by atoms with Gasteiger partial charge in [0.15, 0.2) is 0 Å². The van der Waals surface area contributed by atoms with E-state index in [0.717, 1.165) is 0 Å². The van der Waals surface area contributed by atoms with Gasteiger partial charge in [-0.05, 0) is 49.1 Å². The van der Waals surface area contributed by atoms with E-state index in [1.807, 2.05) is 19.9 Å². The van der Waals surface area contributed by atoms with E-state index in [9.17, 15) is 40.8 Å². The third-order valence-corrected chi connectivity index (χ3v) is 7.44. The van der Waals surface area contributed by atoms with Crippen LogP contribution < -0.4 is 4.74 Å². The fourth-order valence-corrected chi connectivity index (χ4v) is 4.87. The summed E-state index contributed by atoms with van der Waals surface area (Å²) in [4.78, 5) is 18.6. The molecule has 0 N–H and O–H groups in total. The molecule has 44 heavy (non-hydrogen) atoms. The number of rotatable bonds is 8. The molecule has 238 valence electrons. The number of aromatic nitrogens is 1. The summed E-state index contributed by atoms with van der Waals surface area (Å²) >= 11 is 0. The lowest BCUT2D eigenvalue weighted by Crippen LogP contribution is -2.48. The summed E-state index contributed by atoms with van der Waals surface area (Å²) in [6.07, 6.45) is -9.78. The molecule has 2 heterocycles. The summed E-state index contributed by atoms with van der Waals surface area (Å²) < 4.78 is 105. The lowest BCUT2D eigenvalue weighted by atomic mass is 9.92. The summed E-state index contributed by atoms with van der Waals surface area (Å²) in [5.74, 6) is -1.52. The Morgan fingerprint density at radius 3 is 2.34 bits per heavy atom. The molecule has 13 heteroatoms. The summed E-state index contributed by atoms with van der Waals surface area (Å²) in [7, 11) is 1.37. The number of nitriles is 1. The number of hydrogen-bond acceptors (Lipinski definition) is 5. The van der Waals surface area contributed by atoms with Gasteiger partial charge in [-0.3, -0.25) is 0 Å². The van der Waals surface area contributed by atoms with Gasteiger partial charge in [-0.25, -0.2) is 14.2 Å². The molecule has 0 radical (unpaired) electrons. The number of allylic oxidation sites excluding steroid dienone is 3. The van der Waals surface area contributed by atoms with Gasteiger partial charge in [0.25, 0.3) is 0 Å². The highest BCUT2D eigenvalue weighted by atomic mass is 19.4. The summed E-state index contributed by atoms with van der Waals surface area (Å²) in [5.41, 5.74) is -1.07. The Morgan fingerprint density at radius 1 is 1.16 bits per heavy atom. The van der Waals surface area contributed by atoms with Crippen LogP contribution >= 0.6 is 0 Å².